The second kappa shape index (κ2) is 26.5. The molecule has 0 spiro atoms. The molecule has 402 valence electrons. The Labute approximate surface area is 469 Å². The Balaban J connectivity index is 0.000000166. The van der Waals surface area contributed by atoms with Gasteiger partial charge in [-0.3, -0.25) is 19.6 Å². The minimum Gasteiger partial charge on any atom is -0.478 e. The first-order chi connectivity index (χ1) is 39.2. The topological polar surface area (TPSA) is 200 Å². The third-order valence-electron chi connectivity index (χ3n) is 13.1. The standard InChI is InChI=1S/C27H22N2O3.C26H20N2O3.C15H15NO2/c1-18-13-24(27(31)32-2)25(15-23(18)20-11-7-4-8-12-20)29-26(30)22-14-21(16-28-17-22)19-9-5-3-6-10-19;1-17-12-23(26(30)31)24(14-22(17)19-10-6-3-7-11-19)28-25(29)21-13-20(15-27-16-21)18-8-4-2-5-9-18;1-10-8-13(15(17)18-2)14(16)9-12(10)11-6-4-3-5-7-11/h3-17H,1-2H3,(H,29,30);2-16H,1H3,(H,28,29)(H,30,31);3-9H,16H2,1-2H3. The number of nitrogens with one attached hydrogen (secondary N) is 2. The Bertz CT molecular complexity index is 3880. The van der Waals surface area contributed by atoms with Gasteiger partial charge in [0.25, 0.3) is 11.8 Å². The number of rotatable bonds is 12. The quantitative estimate of drug-likeness (QED) is 0.0670. The molecule has 81 heavy (non-hydrogen) atoms. The minimum absolute atomic E-state index is 0.0395. The van der Waals surface area contributed by atoms with Crippen LogP contribution in [0, 0.1) is 20.8 Å². The fourth-order valence-electron chi connectivity index (χ4n) is 8.97. The number of anilines is 3. The highest BCUT2D eigenvalue weighted by molar-refractivity contribution is 6.10. The summed E-state index contributed by atoms with van der Waals surface area (Å²) < 4.78 is 9.64. The van der Waals surface area contributed by atoms with Gasteiger partial charge in [-0.1, -0.05) is 152 Å². The summed E-state index contributed by atoms with van der Waals surface area (Å²) in [5.74, 6) is -2.80. The number of methoxy groups -OCH3 is 2. The van der Waals surface area contributed by atoms with E-state index in [4.69, 9.17) is 15.2 Å². The van der Waals surface area contributed by atoms with E-state index in [1.165, 1.54) is 26.6 Å². The van der Waals surface area contributed by atoms with Gasteiger partial charge in [0.05, 0.1) is 53.4 Å². The molecule has 0 aliphatic carbocycles. The molecule has 0 radical (unpaired) electrons. The number of nitrogens with two attached hydrogens (primary N) is 1. The van der Waals surface area contributed by atoms with Gasteiger partial charge >= 0.3 is 17.9 Å². The monoisotopic (exact) mass is 1070 g/mol. The summed E-state index contributed by atoms with van der Waals surface area (Å²) in [6.45, 7) is 5.73. The molecule has 0 aliphatic rings. The molecule has 0 atom stereocenters. The van der Waals surface area contributed by atoms with Crippen molar-refractivity contribution in [2.24, 2.45) is 0 Å². The lowest BCUT2D eigenvalue weighted by Gasteiger charge is -2.15. The highest BCUT2D eigenvalue weighted by Crippen LogP contribution is 2.33. The normalized spacial score (nSPS) is 10.4. The number of aromatic carboxylic acids is 1. The van der Waals surface area contributed by atoms with Crippen LogP contribution in [0.1, 0.15) is 68.5 Å². The number of pyridine rings is 2. The van der Waals surface area contributed by atoms with E-state index in [0.717, 1.165) is 72.3 Å². The molecular weight excluding hydrogens is 1010 g/mol. The van der Waals surface area contributed by atoms with Gasteiger partial charge in [0.1, 0.15) is 0 Å². The van der Waals surface area contributed by atoms with Gasteiger partial charge in [-0.15, -0.1) is 0 Å². The summed E-state index contributed by atoms with van der Waals surface area (Å²) in [7, 11) is 2.67. The summed E-state index contributed by atoms with van der Waals surface area (Å²) in [5, 5.41) is 15.3. The lowest BCUT2D eigenvalue weighted by Crippen LogP contribution is -2.16. The number of ether oxygens (including phenoxy) is 2. The molecule has 2 aromatic heterocycles. The number of esters is 2. The minimum atomic E-state index is -1.10. The Morgan fingerprint density at radius 3 is 1.09 bits per heavy atom. The van der Waals surface area contributed by atoms with Crippen molar-refractivity contribution in [2.45, 2.75) is 20.8 Å². The first-order valence-electron chi connectivity index (χ1n) is 25.6. The Kier molecular flexibility index (Phi) is 18.5. The summed E-state index contributed by atoms with van der Waals surface area (Å²) in [4.78, 5) is 70.2. The van der Waals surface area contributed by atoms with Crippen LogP contribution in [0.15, 0.2) is 225 Å². The number of benzene rings is 8. The summed E-state index contributed by atoms with van der Waals surface area (Å²) in [6.07, 6.45) is 6.37. The van der Waals surface area contributed by atoms with E-state index in [9.17, 15) is 29.1 Å². The van der Waals surface area contributed by atoms with E-state index in [1.54, 1.807) is 48.8 Å². The largest absolute Gasteiger partial charge is 0.478 e. The van der Waals surface area contributed by atoms with Gasteiger partial charge in [-0.25, -0.2) is 14.4 Å². The van der Waals surface area contributed by atoms with Crippen LogP contribution in [0.5, 0.6) is 0 Å². The third-order valence-corrected chi connectivity index (χ3v) is 13.1. The van der Waals surface area contributed by atoms with Crippen LogP contribution in [-0.4, -0.2) is 59.0 Å². The van der Waals surface area contributed by atoms with Gasteiger partial charge < -0.3 is 30.9 Å². The average Bonchev–Trinajstić information content (AvgIpc) is 3.54. The van der Waals surface area contributed by atoms with Crippen molar-refractivity contribution in [3.63, 3.8) is 0 Å². The van der Waals surface area contributed by atoms with Crippen molar-refractivity contribution < 1.29 is 38.6 Å². The van der Waals surface area contributed by atoms with E-state index >= 15 is 0 Å². The van der Waals surface area contributed by atoms with Gasteiger partial charge in [0, 0.05) is 41.6 Å². The third kappa shape index (κ3) is 14.0. The second-order valence-corrected chi connectivity index (χ2v) is 18.6. The van der Waals surface area contributed by atoms with Crippen LogP contribution in [0.25, 0.3) is 55.6 Å². The van der Waals surface area contributed by atoms with E-state index in [-0.39, 0.29) is 17.2 Å². The summed E-state index contributed by atoms with van der Waals surface area (Å²) in [6, 6.07) is 62.7. The second-order valence-electron chi connectivity index (χ2n) is 18.6. The maximum absolute atomic E-state index is 13.1. The number of nitrogens with zero attached hydrogens (tertiary/aromatic N) is 2. The molecule has 0 unspecified atom stereocenters. The highest BCUT2D eigenvalue weighted by Gasteiger charge is 2.21. The van der Waals surface area contributed by atoms with Crippen molar-refractivity contribution >= 4 is 46.8 Å². The fraction of sp³-hybridized carbons (Fsp3) is 0.0735. The van der Waals surface area contributed by atoms with E-state index < -0.39 is 23.8 Å². The molecule has 0 bridgehead atoms. The number of carbonyl (C=O) groups excluding carboxylic acids is 4. The Morgan fingerprint density at radius 1 is 0.395 bits per heavy atom. The van der Waals surface area contributed by atoms with Gasteiger partial charge in [0.2, 0.25) is 0 Å². The van der Waals surface area contributed by atoms with E-state index in [0.29, 0.717) is 33.6 Å². The maximum Gasteiger partial charge on any atom is 0.339 e. The number of carboxylic acid groups (broad SMARTS) is 1. The molecule has 10 rings (SSSR count). The molecule has 13 heteroatoms. The van der Waals surface area contributed by atoms with Crippen LogP contribution < -0.4 is 16.4 Å². The summed E-state index contributed by atoms with van der Waals surface area (Å²) >= 11 is 0. The number of nitrogen functional groups attached to an aromatic ring is 1. The van der Waals surface area contributed by atoms with E-state index in [1.807, 2.05) is 185 Å². The molecule has 2 heterocycles. The van der Waals surface area contributed by atoms with Crippen LogP contribution in [0.3, 0.4) is 0 Å². The number of hydrogen-bond donors (Lipinski definition) is 4. The molecule has 8 aromatic carbocycles. The van der Waals surface area contributed by atoms with Crippen molar-refractivity contribution in [1.29, 1.82) is 0 Å². The van der Waals surface area contributed by atoms with Crippen molar-refractivity contribution in [2.75, 3.05) is 30.6 Å². The Hall–Kier alpha value is -10.8. The molecule has 0 saturated heterocycles. The van der Waals surface area contributed by atoms with Gasteiger partial charge in [-0.2, -0.15) is 0 Å². The zero-order chi connectivity index (χ0) is 57.4. The smallest absolute Gasteiger partial charge is 0.339 e. The number of carbonyl (C=O) groups is 5. The number of aromatic nitrogens is 2. The first-order valence-corrected chi connectivity index (χ1v) is 25.6. The number of amides is 2. The van der Waals surface area contributed by atoms with Crippen LogP contribution >= 0.6 is 0 Å². The van der Waals surface area contributed by atoms with Gasteiger partial charge in [0.15, 0.2) is 0 Å². The van der Waals surface area contributed by atoms with E-state index in [2.05, 4.69) is 20.6 Å². The zero-order valence-corrected chi connectivity index (χ0v) is 45.1. The molecule has 2 amide bonds. The van der Waals surface area contributed by atoms with Crippen molar-refractivity contribution in [3.8, 4) is 55.6 Å². The average molecular weight is 1070 g/mol. The lowest BCUT2D eigenvalue weighted by molar-refractivity contribution is 0.0593. The maximum atomic E-state index is 13.1. The van der Waals surface area contributed by atoms with Crippen LogP contribution in [0.4, 0.5) is 17.1 Å². The summed E-state index contributed by atoms with van der Waals surface area (Å²) in [5.41, 5.74) is 20.5. The first kappa shape index (κ1) is 56.4. The number of carboxylic acids is 1. The van der Waals surface area contributed by atoms with Crippen LogP contribution in [0.2, 0.25) is 0 Å². The molecule has 10 aromatic rings. The van der Waals surface area contributed by atoms with Crippen molar-refractivity contribution in [3.05, 3.63) is 269 Å². The number of hydrogen-bond acceptors (Lipinski definition) is 10. The van der Waals surface area contributed by atoms with Gasteiger partial charge in [-0.05, 0) is 131 Å². The fourth-order valence-corrected chi connectivity index (χ4v) is 8.97. The molecule has 13 nitrogen and oxygen atoms in total. The Morgan fingerprint density at radius 2 is 0.716 bits per heavy atom. The predicted octanol–water partition coefficient (Wildman–Crippen LogP) is 14.5. The van der Waals surface area contributed by atoms with Crippen LogP contribution in [-0.2, 0) is 9.47 Å². The predicted molar refractivity (Wildman–Crippen MR) is 319 cm³/mol. The van der Waals surface area contributed by atoms with Crippen molar-refractivity contribution in [1.82, 2.24) is 9.97 Å². The molecule has 0 saturated carbocycles. The number of aryl methyl sites for hydroxylation is 3. The molecule has 5 N–H and O–H groups in total. The lowest BCUT2D eigenvalue weighted by atomic mass is 9.96. The molecule has 0 fully saturated rings. The molecular formula is C68H57N5O8. The molecule has 0 aliphatic heterocycles. The highest BCUT2D eigenvalue weighted by atomic mass is 16.5. The zero-order valence-electron chi connectivity index (χ0n) is 45.1. The SMILES string of the molecule is COC(=O)c1cc(C)c(-c2ccccc2)cc1N.COC(=O)c1cc(C)c(-c2ccccc2)cc1NC(=O)c1cncc(-c2ccccc2)c1.Cc1cc(C(=O)O)c(NC(=O)c2cncc(-c3ccccc3)c2)cc1-c1ccccc1.